The van der Waals surface area contributed by atoms with Crippen LogP contribution in [0.5, 0.6) is 0 Å². The fourth-order valence-electron chi connectivity index (χ4n) is 3.59. The van der Waals surface area contributed by atoms with Crippen molar-refractivity contribution >= 4 is 27.5 Å². The molecule has 0 saturated carbocycles. The first-order valence-electron chi connectivity index (χ1n) is 9.33. The molecule has 146 valence electrons. The molecule has 0 unspecified atom stereocenters. The van der Waals surface area contributed by atoms with E-state index in [0.717, 1.165) is 24.2 Å². The van der Waals surface area contributed by atoms with Gasteiger partial charge in [0, 0.05) is 24.6 Å². The molecule has 1 aliphatic rings. The minimum Gasteiger partial charge on any atom is -0.455 e. The molecule has 8 heteroatoms. The van der Waals surface area contributed by atoms with Crippen molar-refractivity contribution in [2.45, 2.75) is 32.9 Å². The molecule has 4 heterocycles. The van der Waals surface area contributed by atoms with E-state index < -0.39 is 5.97 Å². The minimum absolute atomic E-state index is 0.00817. The first-order valence-corrected chi connectivity index (χ1v) is 10.1. The number of rotatable bonds is 4. The maximum Gasteiger partial charge on any atom is 0.349 e. The number of benzene rings is 1. The van der Waals surface area contributed by atoms with Gasteiger partial charge in [0.15, 0.2) is 5.76 Å². The standard InChI is InChI=1S/C21H17N3O4S/c1-12-17-19(22-16-8-5-9-24(16)20(17)25)29-18(12)21(26)27-11-14-10-15(28-23-14)13-6-3-2-4-7-13/h2-4,6-7,10H,5,8-9,11H2,1H3. The molecule has 0 saturated heterocycles. The highest BCUT2D eigenvalue weighted by molar-refractivity contribution is 7.20. The zero-order chi connectivity index (χ0) is 20.0. The van der Waals surface area contributed by atoms with Crippen LogP contribution in [0.2, 0.25) is 0 Å². The lowest BCUT2D eigenvalue weighted by Gasteiger charge is -2.02. The van der Waals surface area contributed by atoms with Crippen LogP contribution >= 0.6 is 11.3 Å². The molecule has 29 heavy (non-hydrogen) atoms. The molecule has 0 bridgehead atoms. The maximum absolute atomic E-state index is 12.7. The number of thiophene rings is 1. The van der Waals surface area contributed by atoms with E-state index in [1.807, 2.05) is 30.3 Å². The molecule has 0 N–H and O–H groups in total. The smallest absolute Gasteiger partial charge is 0.349 e. The Morgan fingerprint density at radius 3 is 2.97 bits per heavy atom. The van der Waals surface area contributed by atoms with Gasteiger partial charge in [-0.25, -0.2) is 9.78 Å². The van der Waals surface area contributed by atoms with Gasteiger partial charge in [0.25, 0.3) is 5.56 Å². The molecular formula is C21H17N3O4S. The lowest BCUT2D eigenvalue weighted by atomic mass is 10.2. The normalized spacial score (nSPS) is 13.0. The second-order valence-corrected chi connectivity index (χ2v) is 7.95. The third kappa shape index (κ3) is 3.05. The van der Waals surface area contributed by atoms with E-state index in [1.165, 1.54) is 11.3 Å². The number of carbonyl (C=O) groups excluding carboxylic acids is 1. The Balaban J connectivity index is 1.37. The summed E-state index contributed by atoms with van der Waals surface area (Å²) in [6.45, 7) is 2.44. The first kappa shape index (κ1) is 17.8. The number of aryl methyl sites for hydroxylation is 2. The van der Waals surface area contributed by atoms with Gasteiger partial charge in [0.2, 0.25) is 0 Å². The number of aromatic nitrogens is 3. The summed E-state index contributed by atoms with van der Waals surface area (Å²) in [5.74, 6) is 0.917. The molecule has 1 aromatic carbocycles. The lowest BCUT2D eigenvalue weighted by Crippen LogP contribution is -2.20. The van der Waals surface area contributed by atoms with Gasteiger partial charge in [0.05, 0.1) is 5.39 Å². The van der Waals surface area contributed by atoms with Gasteiger partial charge < -0.3 is 9.26 Å². The molecule has 0 atom stereocenters. The van der Waals surface area contributed by atoms with Crippen LogP contribution < -0.4 is 5.56 Å². The number of nitrogens with zero attached hydrogens (tertiary/aromatic N) is 3. The third-order valence-corrected chi connectivity index (χ3v) is 6.23. The number of fused-ring (bicyclic) bond motifs is 2. The van der Waals surface area contributed by atoms with Crippen LogP contribution in [-0.2, 0) is 24.3 Å². The zero-order valence-corrected chi connectivity index (χ0v) is 16.5. The molecule has 5 rings (SSSR count). The van der Waals surface area contributed by atoms with Gasteiger partial charge >= 0.3 is 5.97 Å². The predicted octanol–water partition coefficient (Wildman–Crippen LogP) is 3.72. The van der Waals surface area contributed by atoms with E-state index >= 15 is 0 Å². The highest BCUT2D eigenvalue weighted by Gasteiger charge is 2.24. The highest BCUT2D eigenvalue weighted by Crippen LogP contribution is 2.29. The molecule has 0 radical (unpaired) electrons. The Kier molecular flexibility index (Phi) is 4.28. The average molecular weight is 407 g/mol. The molecule has 7 nitrogen and oxygen atoms in total. The van der Waals surface area contributed by atoms with Crippen molar-refractivity contribution in [3.05, 3.63) is 68.7 Å². The largest absolute Gasteiger partial charge is 0.455 e. The van der Waals surface area contributed by atoms with Crippen molar-refractivity contribution in [2.24, 2.45) is 0 Å². The molecule has 0 amide bonds. The quantitative estimate of drug-likeness (QED) is 0.479. The van der Waals surface area contributed by atoms with E-state index in [-0.39, 0.29) is 12.2 Å². The van der Waals surface area contributed by atoms with Crippen LogP contribution in [0.3, 0.4) is 0 Å². The molecule has 1 aliphatic heterocycles. The summed E-state index contributed by atoms with van der Waals surface area (Å²) in [6.07, 6.45) is 1.72. The molecule has 0 fully saturated rings. The fraction of sp³-hybridized carbons (Fsp3) is 0.238. The molecule has 0 spiro atoms. The SMILES string of the molecule is Cc1c(C(=O)OCc2cc(-c3ccccc3)on2)sc2nc3n(c(=O)c12)CCC3. The second-order valence-electron chi connectivity index (χ2n) is 6.95. The third-order valence-electron chi connectivity index (χ3n) is 5.07. The Morgan fingerprint density at radius 1 is 1.31 bits per heavy atom. The van der Waals surface area contributed by atoms with E-state index in [2.05, 4.69) is 10.1 Å². The molecule has 3 aromatic heterocycles. The Morgan fingerprint density at radius 2 is 2.14 bits per heavy atom. The van der Waals surface area contributed by atoms with E-state index in [0.29, 0.717) is 38.7 Å². The highest BCUT2D eigenvalue weighted by atomic mass is 32.1. The van der Waals surface area contributed by atoms with Crippen molar-refractivity contribution < 1.29 is 14.1 Å². The number of ether oxygens (including phenoxy) is 1. The molecule has 0 aliphatic carbocycles. The van der Waals surface area contributed by atoms with Gasteiger partial charge in [-0.3, -0.25) is 9.36 Å². The summed E-state index contributed by atoms with van der Waals surface area (Å²) < 4.78 is 12.5. The van der Waals surface area contributed by atoms with E-state index in [4.69, 9.17) is 9.26 Å². The van der Waals surface area contributed by atoms with E-state index in [1.54, 1.807) is 17.6 Å². The zero-order valence-electron chi connectivity index (χ0n) is 15.7. The van der Waals surface area contributed by atoms with Crippen LogP contribution in [-0.4, -0.2) is 20.7 Å². The summed E-state index contributed by atoms with van der Waals surface area (Å²) in [5, 5.41) is 4.48. The summed E-state index contributed by atoms with van der Waals surface area (Å²) in [7, 11) is 0. The van der Waals surface area contributed by atoms with Crippen LogP contribution in [0, 0.1) is 6.92 Å². The second kappa shape index (κ2) is 6.97. The minimum atomic E-state index is -0.487. The monoisotopic (exact) mass is 407 g/mol. The van der Waals surface area contributed by atoms with Crippen LogP contribution in [0.1, 0.15) is 33.2 Å². The molecule has 4 aromatic rings. The Bertz CT molecular complexity index is 1290. The van der Waals surface area contributed by atoms with Crippen molar-refractivity contribution in [2.75, 3.05) is 0 Å². The average Bonchev–Trinajstić information content (AvgIpc) is 3.46. The summed E-state index contributed by atoms with van der Waals surface area (Å²) in [6, 6.07) is 11.3. The van der Waals surface area contributed by atoms with Crippen LogP contribution in [0.4, 0.5) is 0 Å². The Hall–Kier alpha value is -3.26. The van der Waals surface area contributed by atoms with E-state index in [9.17, 15) is 9.59 Å². The number of esters is 1. The van der Waals surface area contributed by atoms with Gasteiger partial charge in [-0.2, -0.15) is 0 Å². The fourth-order valence-corrected chi connectivity index (χ4v) is 4.68. The van der Waals surface area contributed by atoms with Gasteiger partial charge in [0.1, 0.15) is 27.8 Å². The van der Waals surface area contributed by atoms with Crippen molar-refractivity contribution in [1.82, 2.24) is 14.7 Å². The van der Waals surface area contributed by atoms with Crippen molar-refractivity contribution in [1.29, 1.82) is 0 Å². The topological polar surface area (TPSA) is 87.2 Å². The van der Waals surface area contributed by atoms with Gasteiger partial charge in [-0.05, 0) is 18.9 Å². The Labute approximate surface area is 169 Å². The summed E-state index contributed by atoms with van der Waals surface area (Å²) >= 11 is 1.21. The first-order chi connectivity index (χ1) is 14.1. The van der Waals surface area contributed by atoms with Crippen LogP contribution in [0.25, 0.3) is 21.5 Å². The summed E-state index contributed by atoms with van der Waals surface area (Å²) in [5.41, 5.74) is 1.98. The number of hydrogen-bond donors (Lipinski definition) is 0. The maximum atomic E-state index is 12.7. The van der Waals surface area contributed by atoms with Crippen molar-refractivity contribution in [3.63, 3.8) is 0 Å². The lowest BCUT2D eigenvalue weighted by molar-refractivity contribution is 0.0469. The predicted molar refractivity (Wildman–Crippen MR) is 108 cm³/mol. The van der Waals surface area contributed by atoms with Crippen LogP contribution in [0.15, 0.2) is 45.7 Å². The van der Waals surface area contributed by atoms with Gasteiger partial charge in [-0.15, -0.1) is 11.3 Å². The number of carbonyl (C=O) groups is 1. The van der Waals surface area contributed by atoms with Crippen molar-refractivity contribution in [3.8, 4) is 11.3 Å². The number of hydrogen-bond acceptors (Lipinski definition) is 7. The summed E-state index contributed by atoms with van der Waals surface area (Å²) in [4.78, 5) is 31.0. The van der Waals surface area contributed by atoms with Gasteiger partial charge in [-0.1, -0.05) is 35.5 Å². The molecular weight excluding hydrogens is 390 g/mol.